The first kappa shape index (κ1) is 21.6. The molecular formula is C27H29ClN2O. The number of aliphatic imine (C=N–C) groups is 1. The molecule has 2 heterocycles. The molecule has 3 unspecified atom stereocenters. The summed E-state index contributed by atoms with van der Waals surface area (Å²) in [5, 5.41) is 0. The highest BCUT2D eigenvalue weighted by molar-refractivity contribution is 6.07. The van der Waals surface area contributed by atoms with Gasteiger partial charge in [-0.05, 0) is 48.6 Å². The number of likely N-dealkylation sites (tertiary alicyclic amines) is 1. The zero-order valence-electron chi connectivity index (χ0n) is 18.1. The Bertz CT molecular complexity index is 1040. The summed E-state index contributed by atoms with van der Waals surface area (Å²) in [5.41, 5.74) is 3.71. The summed E-state index contributed by atoms with van der Waals surface area (Å²) in [6, 6.07) is 20.8. The van der Waals surface area contributed by atoms with E-state index < -0.39 is 0 Å². The average molecular weight is 433 g/mol. The minimum absolute atomic E-state index is 0. The Morgan fingerprint density at radius 3 is 2.55 bits per heavy atom. The number of ether oxygens (including phenoxy) is 1. The molecule has 1 spiro atoms. The number of hydrogen-bond donors (Lipinski definition) is 0. The monoisotopic (exact) mass is 432 g/mol. The predicted molar refractivity (Wildman–Crippen MR) is 130 cm³/mol. The Kier molecular flexibility index (Phi) is 6.17. The molecule has 3 atom stereocenters. The van der Waals surface area contributed by atoms with E-state index in [1.165, 1.54) is 11.1 Å². The van der Waals surface area contributed by atoms with Gasteiger partial charge in [0.1, 0.15) is 11.5 Å². The fraction of sp³-hybridized carbons (Fsp3) is 0.296. The number of benzene rings is 2. The van der Waals surface area contributed by atoms with E-state index in [2.05, 4.69) is 73.5 Å². The summed E-state index contributed by atoms with van der Waals surface area (Å²) in [4.78, 5) is 7.53. The molecule has 0 bridgehead atoms. The van der Waals surface area contributed by atoms with Crippen molar-refractivity contribution < 1.29 is 4.74 Å². The minimum atomic E-state index is -0.161. The van der Waals surface area contributed by atoms with Crippen LogP contribution in [0.5, 0.6) is 5.75 Å². The molecular weight excluding hydrogens is 404 g/mol. The Morgan fingerprint density at radius 1 is 1.10 bits per heavy atom. The first-order chi connectivity index (χ1) is 14.7. The number of hydrogen-bond acceptors (Lipinski definition) is 3. The van der Waals surface area contributed by atoms with Crippen molar-refractivity contribution in [3.63, 3.8) is 0 Å². The van der Waals surface area contributed by atoms with Crippen molar-refractivity contribution in [3.05, 3.63) is 102 Å². The summed E-state index contributed by atoms with van der Waals surface area (Å²) in [6.07, 6.45) is 9.83. The van der Waals surface area contributed by atoms with Crippen LogP contribution in [0, 0.1) is 5.92 Å². The SMILES string of the molecule is CC1=CN=C2C=C(Oc3ccccc3)C=CC23C1CCN3CC(C)c1ccccc1.Cl. The fourth-order valence-electron chi connectivity index (χ4n) is 5.19. The lowest BCUT2D eigenvalue weighted by Crippen LogP contribution is -2.55. The number of para-hydroxylation sites is 1. The Morgan fingerprint density at radius 2 is 1.81 bits per heavy atom. The lowest BCUT2D eigenvalue weighted by Gasteiger charge is -2.44. The van der Waals surface area contributed by atoms with Crippen molar-refractivity contribution in [2.45, 2.75) is 31.7 Å². The second-order valence-electron chi connectivity index (χ2n) is 8.61. The summed E-state index contributed by atoms with van der Waals surface area (Å²) in [7, 11) is 0. The molecule has 1 fully saturated rings. The van der Waals surface area contributed by atoms with Crippen LogP contribution in [0.15, 0.2) is 101 Å². The van der Waals surface area contributed by atoms with Crippen LogP contribution in [-0.2, 0) is 0 Å². The van der Waals surface area contributed by atoms with Crippen LogP contribution in [0.4, 0.5) is 0 Å². The van der Waals surface area contributed by atoms with Gasteiger partial charge in [-0.1, -0.05) is 61.5 Å². The summed E-state index contributed by atoms with van der Waals surface area (Å²) < 4.78 is 6.12. The van der Waals surface area contributed by atoms with Crippen LogP contribution < -0.4 is 4.74 Å². The van der Waals surface area contributed by atoms with Gasteiger partial charge in [-0.25, -0.2) is 0 Å². The molecule has 1 saturated heterocycles. The molecule has 2 aliphatic heterocycles. The molecule has 160 valence electrons. The van der Waals surface area contributed by atoms with E-state index in [1.54, 1.807) is 0 Å². The van der Waals surface area contributed by atoms with Gasteiger partial charge in [-0.3, -0.25) is 9.89 Å². The second-order valence-corrected chi connectivity index (χ2v) is 8.61. The standard InChI is InChI=1S/C27H28N2O.ClH/c1-20-18-28-26-17-24(30-23-11-7-4-8-12-23)13-15-27(26)25(20)14-16-29(27)19-21(2)22-9-5-3-6-10-22;/h3-13,15,17-18,21,25H,14,16,19H2,1-2H3;1H. The third-order valence-electron chi connectivity index (χ3n) is 6.73. The summed E-state index contributed by atoms with van der Waals surface area (Å²) >= 11 is 0. The molecule has 1 aliphatic carbocycles. The number of halogens is 1. The van der Waals surface area contributed by atoms with Crippen LogP contribution in [0.1, 0.15) is 31.7 Å². The first-order valence-electron chi connectivity index (χ1n) is 10.9. The highest BCUT2D eigenvalue weighted by Gasteiger charge is 2.53. The maximum absolute atomic E-state index is 6.12. The van der Waals surface area contributed by atoms with Crippen LogP contribution in [-0.4, -0.2) is 29.2 Å². The van der Waals surface area contributed by atoms with Gasteiger partial charge in [-0.15, -0.1) is 12.4 Å². The van der Waals surface area contributed by atoms with E-state index in [-0.39, 0.29) is 17.9 Å². The molecule has 2 aromatic rings. The zero-order valence-corrected chi connectivity index (χ0v) is 18.9. The summed E-state index contributed by atoms with van der Waals surface area (Å²) in [6.45, 7) is 6.65. The van der Waals surface area contributed by atoms with E-state index in [4.69, 9.17) is 9.73 Å². The molecule has 4 heteroatoms. The Labute approximate surface area is 191 Å². The van der Waals surface area contributed by atoms with Crippen molar-refractivity contribution in [1.82, 2.24) is 4.90 Å². The maximum atomic E-state index is 6.12. The molecule has 5 rings (SSSR count). The lowest BCUT2D eigenvalue weighted by atomic mass is 9.73. The van der Waals surface area contributed by atoms with Crippen molar-refractivity contribution in [1.29, 1.82) is 0 Å². The van der Waals surface area contributed by atoms with Gasteiger partial charge >= 0.3 is 0 Å². The van der Waals surface area contributed by atoms with Gasteiger partial charge in [-0.2, -0.15) is 0 Å². The lowest BCUT2D eigenvalue weighted by molar-refractivity contribution is 0.212. The van der Waals surface area contributed by atoms with Gasteiger partial charge < -0.3 is 4.74 Å². The molecule has 31 heavy (non-hydrogen) atoms. The molecule has 2 aromatic carbocycles. The summed E-state index contributed by atoms with van der Waals surface area (Å²) in [5.74, 6) is 2.63. The molecule has 3 nitrogen and oxygen atoms in total. The number of allylic oxidation sites excluding steroid dienone is 1. The van der Waals surface area contributed by atoms with Crippen LogP contribution in [0.2, 0.25) is 0 Å². The molecule has 0 saturated carbocycles. The zero-order chi connectivity index (χ0) is 20.6. The normalized spacial score (nSPS) is 25.4. The van der Waals surface area contributed by atoms with Crippen molar-refractivity contribution in [2.24, 2.45) is 10.9 Å². The van der Waals surface area contributed by atoms with E-state index in [1.807, 2.05) is 30.3 Å². The van der Waals surface area contributed by atoms with Crippen LogP contribution >= 0.6 is 12.4 Å². The van der Waals surface area contributed by atoms with E-state index in [9.17, 15) is 0 Å². The highest BCUT2D eigenvalue weighted by Crippen LogP contribution is 2.46. The number of nitrogens with zero attached hydrogens (tertiary/aromatic N) is 2. The van der Waals surface area contributed by atoms with Gasteiger partial charge in [0.05, 0.1) is 11.3 Å². The smallest absolute Gasteiger partial charge is 0.129 e. The largest absolute Gasteiger partial charge is 0.457 e. The van der Waals surface area contributed by atoms with Gasteiger partial charge in [0, 0.05) is 31.3 Å². The van der Waals surface area contributed by atoms with Crippen molar-refractivity contribution in [3.8, 4) is 5.75 Å². The maximum Gasteiger partial charge on any atom is 0.129 e. The quantitative estimate of drug-likeness (QED) is 0.564. The molecule has 0 radical (unpaired) electrons. The molecule has 0 aromatic heterocycles. The van der Waals surface area contributed by atoms with E-state index in [0.29, 0.717) is 11.8 Å². The van der Waals surface area contributed by atoms with E-state index in [0.717, 1.165) is 36.7 Å². The Balaban J connectivity index is 0.00000231. The van der Waals surface area contributed by atoms with E-state index >= 15 is 0 Å². The van der Waals surface area contributed by atoms with Gasteiger partial charge in [0.2, 0.25) is 0 Å². The molecule has 3 aliphatic rings. The van der Waals surface area contributed by atoms with Crippen molar-refractivity contribution >= 4 is 18.1 Å². The topological polar surface area (TPSA) is 24.8 Å². The third kappa shape index (κ3) is 3.88. The minimum Gasteiger partial charge on any atom is -0.457 e. The molecule has 0 N–H and O–H groups in total. The highest BCUT2D eigenvalue weighted by atomic mass is 35.5. The van der Waals surface area contributed by atoms with Gasteiger partial charge in [0.15, 0.2) is 0 Å². The number of rotatable bonds is 5. The van der Waals surface area contributed by atoms with Crippen molar-refractivity contribution in [2.75, 3.05) is 13.1 Å². The first-order valence-corrected chi connectivity index (χ1v) is 10.9. The average Bonchev–Trinajstić information content (AvgIpc) is 3.15. The van der Waals surface area contributed by atoms with Crippen LogP contribution in [0.25, 0.3) is 0 Å². The molecule has 0 amide bonds. The van der Waals surface area contributed by atoms with Crippen LogP contribution in [0.3, 0.4) is 0 Å². The van der Waals surface area contributed by atoms with Gasteiger partial charge in [0.25, 0.3) is 0 Å². The third-order valence-corrected chi connectivity index (χ3v) is 6.73. The Hall–Kier alpha value is -2.62. The predicted octanol–water partition coefficient (Wildman–Crippen LogP) is 6.16. The second kappa shape index (κ2) is 8.86. The fourth-order valence-corrected chi connectivity index (χ4v) is 5.19.